The Morgan fingerprint density at radius 3 is 1.93 bits per heavy atom. The maximum Gasteiger partial charge on any atom is 0.0997 e. The van der Waals surface area contributed by atoms with Crippen molar-refractivity contribution >= 4 is 0 Å². The van der Waals surface area contributed by atoms with E-state index in [-0.39, 0.29) is 0 Å². The van der Waals surface area contributed by atoms with Gasteiger partial charge in [0.05, 0.1) is 11.6 Å². The number of aryl methyl sites for hydroxylation is 3. The predicted octanol–water partition coefficient (Wildman–Crippen LogP) is 3.64. The molecule has 1 nitrogen and oxygen atoms in total. The number of rotatable bonds is 4. The van der Waals surface area contributed by atoms with Crippen LogP contribution in [0, 0.1) is 11.3 Å². The van der Waals surface area contributed by atoms with Crippen molar-refractivity contribution in [2.45, 2.75) is 46.5 Å². The van der Waals surface area contributed by atoms with E-state index in [1.165, 1.54) is 16.7 Å². The molecule has 0 radical (unpaired) electrons. The summed E-state index contributed by atoms with van der Waals surface area (Å²) in [6.07, 6.45) is 4.19. The van der Waals surface area contributed by atoms with Gasteiger partial charge in [-0.25, -0.2) is 0 Å². The number of benzene rings is 1. The Bertz CT molecular complexity index is 346. The van der Waals surface area contributed by atoms with E-state index in [0.717, 1.165) is 31.2 Å². The van der Waals surface area contributed by atoms with Gasteiger partial charge in [0.25, 0.3) is 0 Å². The second-order valence-electron chi connectivity index (χ2n) is 3.86. The Labute approximate surface area is 92.7 Å². The van der Waals surface area contributed by atoms with Gasteiger partial charge < -0.3 is 0 Å². The van der Waals surface area contributed by atoms with Crippen LogP contribution in [-0.2, 0) is 19.3 Å². The summed E-state index contributed by atoms with van der Waals surface area (Å²) in [5, 5.41) is 9.13. The second kappa shape index (κ2) is 5.56. The number of hydrogen-bond acceptors (Lipinski definition) is 1. The summed E-state index contributed by atoms with van der Waals surface area (Å²) in [7, 11) is 0. The van der Waals surface area contributed by atoms with E-state index in [4.69, 9.17) is 5.26 Å². The quantitative estimate of drug-likeness (QED) is 0.729. The van der Waals surface area contributed by atoms with Crippen LogP contribution >= 0.6 is 0 Å². The van der Waals surface area contributed by atoms with Crippen molar-refractivity contribution in [3.8, 4) is 6.07 Å². The molecule has 15 heavy (non-hydrogen) atoms. The standard InChI is InChI=1S/C14H19N/c1-4-7-11-8-12(5-2)14(10-15)13(6-3)9-11/h8-9H,4-7H2,1-3H3. The molecule has 0 fully saturated rings. The van der Waals surface area contributed by atoms with Gasteiger partial charge in [0.15, 0.2) is 0 Å². The third-order valence-corrected chi connectivity index (χ3v) is 2.77. The zero-order chi connectivity index (χ0) is 11.3. The summed E-state index contributed by atoms with van der Waals surface area (Å²) in [5.74, 6) is 0. The second-order valence-corrected chi connectivity index (χ2v) is 3.86. The number of hydrogen-bond donors (Lipinski definition) is 0. The topological polar surface area (TPSA) is 23.8 Å². The van der Waals surface area contributed by atoms with Crippen molar-refractivity contribution in [2.75, 3.05) is 0 Å². The van der Waals surface area contributed by atoms with Crippen molar-refractivity contribution in [2.24, 2.45) is 0 Å². The fraction of sp³-hybridized carbons (Fsp3) is 0.500. The van der Waals surface area contributed by atoms with E-state index < -0.39 is 0 Å². The fourth-order valence-corrected chi connectivity index (χ4v) is 1.97. The van der Waals surface area contributed by atoms with E-state index in [1.54, 1.807) is 0 Å². The molecule has 0 N–H and O–H groups in total. The van der Waals surface area contributed by atoms with Crippen molar-refractivity contribution in [1.82, 2.24) is 0 Å². The molecule has 0 spiro atoms. The van der Waals surface area contributed by atoms with Crippen LogP contribution in [0.1, 0.15) is 49.4 Å². The van der Waals surface area contributed by atoms with E-state index in [0.29, 0.717) is 0 Å². The number of nitriles is 1. The molecule has 0 bridgehead atoms. The van der Waals surface area contributed by atoms with E-state index in [1.807, 2.05) is 0 Å². The van der Waals surface area contributed by atoms with Crippen molar-refractivity contribution in [1.29, 1.82) is 5.26 Å². The third-order valence-electron chi connectivity index (χ3n) is 2.77. The minimum Gasteiger partial charge on any atom is -0.192 e. The van der Waals surface area contributed by atoms with Crippen LogP contribution in [0.4, 0.5) is 0 Å². The lowest BCUT2D eigenvalue weighted by atomic mass is 9.94. The first kappa shape index (κ1) is 11.8. The molecule has 1 aromatic carbocycles. The molecule has 0 amide bonds. The molecule has 0 heterocycles. The lowest BCUT2D eigenvalue weighted by Crippen LogP contribution is -1.98. The average Bonchev–Trinajstić information content (AvgIpc) is 2.28. The smallest absolute Gasteiger partial charge is 0.0997 e. The maximum atomic E-state index is 9.13. The first-order chi connectivity index (χ1) is 7.26. The van der Waals surface area contributed by atoms with Crippen LogP contribution in [0.3, 0.4) is 0 Å². The zero-order valence-corrected chi connectivity index (χ0v) is 9.93. The van der Waals surface area contributed by atoms with Gasteiger partial charge in [-0.2, -0.15) is 5.26 Å². The Hall–Kier alpha value is -1.29. The highest BCUT2D eigenvalue weighted by molar-refractivity contribution is 5.47. The summed E-state index contributed by atoms with van der Waals surface area (Å²) < 4.78 is 0. The van der Waals surface area contributed by atoms with Gasteiger partial charge in [-0.1, -0.05) is 39.3 Å². The maximum absolute atomic E-state index is 9.13. The average molecular weight is 201 g/mol. The SMILES string of the molecule is CCCc1cc(CC)c(C#N)c(CC)c1. The Morgan fingerprint density at radius 1 is 1.07 bits per heavy atom. The number of nitrogens with zero attached hydrogens (tertiary/aromatic N) is 1. The van der Waals surface area contributed by atoms with Crippen LogP contribution in [0.2, 0.25) is 0 Å². The highest BCUT2D eigenvalue weighted by Crippen LogP contribution is 2.19. The molecule has 0 aliphatic heterocycles. The van der Waals surface area contributed by atoms with E-state index in [9.17, 15) is 0 Å². The van der Waals surface area contributed by atoms with Gasteiger partial charge in [0.1, 0.15) is 0 Å². The first-order valence-electron chi connectivity index (χ1n) is 5.81. The first-order valence-corrected chi connectivity index (χ1v) is 5.81. The summed E-state index contributed by atoms with van der Waals surface area (Å²) in [6, 6.07) is 6.73. The van der Waals surface area contributed by atoms with Gasteiger partial charge >= 0.3 is 0 Å². The van der Waals surface area contributed by atoms with Gasteiger partial charge in [-0.3, -0.25) is 0 Å². The molecule has 0 aliphatic carbocycles. The van der Waals surface area contributed by atoms with E-state index >= 15 is 0 Å². The summed E-state index contributed by atoms with van der Waals surface area (Å²) in [6.45, 7) is 6.42. The Kier molecular flexibility index (Phi) is 4.37. The van der Waals surface area contributed by atoms with Gasteiger partial charge in [-0.05, 0) is 36.0 Å². The Morgan fingerprint density at radius 2 is 1.60 bits per heavy atom. The van der Waals surface area contributed by atoms with Crippen LogP contribution in [0.15, 0.2) is 12.1 Å². The molecule has 1 rings (SSSR count). The summed E-state index contributed by atoms with van der Waals surface area (Å²) in [4.78, 5) is 0. The van der Waals surface area contributed by atoms with Crippen LogP contribution in [-0.4, -0.2) is 0 Å². The molecule has 0 aliphatic rings. The van der Waals surface area contributed by atoms with Crippen molar-refractivity contribution in [3.05, 3.63) is 34.4 Å². The molecule has 0 saturated heterocycles. The lowest BCUT2D eigenvalue weighted by molar-refractivity contribution is 0.909. The summed E-state index contributed by atoms with van der Waals surface area (Å²) in [5.41, 5.74) is 4.70. The lowest BCUT2D eigenvalue weighted by Gasteiger charge is -2.10. The molecule has 1 aromatic rings. The van der Waals surface area contributed by atoms with Crippen molar-refractivity contribution in [3.63, 3.8) is 0 Å². The molecular weight excluding hydrogens is 182 g/mol. The molecule has 0 saturated carbocycles. The monoisotopic (exact) mass is 201 g/mol. The molecule has 1 heteroatoms. The fourth-order valence-electron chi connectivity index (χ4n) is 1.97. The zero-order valence-electron chi connectivity index (χ0n) is 9.93. The van der Waals surface area contributed by atoms with Crippen LogP contribution in [0.25, 0.3) is 0 Å². The summed E-state index contributed by atoms with van der Waals surface area (Å²) >= 11 is 0. The largest absolute Gasteiger partial charge is 0.192 e. The minimum absolute atomic E-state index is 0.903. The van der Waals surface area contributed by atoms with Crippen LogP contribution in [0.5, 0.6) is 0 Å². The predicted molar refractivity (Wildman–Crippen MR) is 63.9 cm³/mol. The van der Waals surface area contributed by atoms with Crippen LogP contribution < -0.4 is 0 Å². The molecule has 0 aromatic heterocycles. The van der Waals surface area contributed by atoms with Gasteiger partial charge in [0, 0.05) is 0 Å². The van der Waals surface area contributed by atoms with E-state index in [2.05, 4.69) is 39.0 Å². The highest BCUT2D eigenvalue weighted by Gasteiger charge is 2.07. The van der Waals surface area contributed by atoms with Crippen molar-refractivity contribution < 1.29 is 0 Å². The highest BCUT2D eigenvalue weighted by atomic mass is 14.3. The molecular formula is C14H19N. The minimum atomic E-state index is 0.903. The van der Waals surface area contributed by atoms with Gasteiger partial charge in [0.2, 0.25) is 0 Å². The normalized spacial score (nSPS) is 10.0. The van der Waals surface area contributed by atoms with Gasteiger partial charge in [-0.15, -0.1) is 0 Å². The molecule has 0 atom stereocenters. The third kappa shape index (κ3) is 2.59. The molecule has 0 unspecified atom stereocenters. The molecule has 80 valence electrons. The Balaban J connectivity index is 3.24.